The molecule has 0 aliphatic carbocycles. The van der Waals surface area contributed by atoms with Crippen LogP contribution in [0.5, 0.6) is 0 Å². The molecule has 3 amide bonds. The normalized spacial score (nSPS) is 13.5. The average molecular weight is 458 g/mol. The first kappa shape index (κ1) is 25.9. The third-order valence-electron chi connectivity index (χ3n) is 4.02. The summed E-state index contributed by atoms with van der Waals surface area (Å²) < 4.78 is 0. The van der Waals surface area contributed by atoms with Crippen molar-refractivity contribution in [2.75, 3.05) is 18.6 Å². The number of nitrogens with one attached hydrogen (secondary N) is 4. The summed E-state index contributed by atoms with van der Waals surface area (Å²) in [5.41, 5.74) is 6.38. The average Bonchev–Trinajstić information content (AvgIpc) is 3.21. The molecule has 0 bridgehead atoms. The lowest BCUT2D eigenvalue weighted by Gasteiger charge is -2.20. The maximum atomic E-state index is 12.5. The zero-order valence-corrected chi connectivity index (χ0v) is 17.6. The molecule has 172 valence electrons. The fraction of sp³-hybridized carbons (Fsp3) is 0.529. The molecule has 0 saturated heterocycles. The molecular weight excluding hydrogens is 432 g/mol. The van der Waals surface area contributed by atoms with Gasteiger partial charge in [-0.2, -0.15) is 11.8 Å². The van der Waals surface area contributed by atoms with E-state index in [1.165, 1.54) is 24.3 Å². The number of carbonyl (C=O) groups excluding carboxylic acids is 3. The van der Waals surface area contributed by atoms with E-state index in [2.05, 4.69) is 20.6 Å². The molecule has 1 heterocycles. The zero-order valence-electron chi connectivity index (χ0n) is 16.8. The first-order chi connectivity index (χ1) is 14.6. The lowest BCUT2D eigenvalue weighted by Crippen LogP contribution is -2.54. The van der Waals surface area contributed by atoms with Crippen molar-refractivity contribution in [2.45, 2.75) is 37.4 Å². The van der Waals surface area contributed by atoms with Crippen LogP contribution in [0, 0.1) is 0 Å². The molecule has 8 N–H and O–H groups in total. The number of rotatable bonds is 14. The minimum absolute atomic E-state index is 0.0468. The number of aromatic nitrogens is 2. The Morgan fingerprint density at radius 2 is 1.87 bits per heavy atom. The standard InChI is InChI=1S/C17H26N6O7S/c1-31-3-2-10(18)15(27)23-11(4-9-6-19-8-21-9)16(28)20-7-13(24)22-12(17(29)30)5-14(25)26/h6,8,10-12H,2-5,7,18H2,1H3,(H,19,21)(H,20,28)(H,22,24)(H,23,27)(H,25,26)(H,29,30). The number of carboxylic acids is 2. The van der Waals surface area contributed by atoms with E-state index in [4.69, 9.17) is 15.9 Å². The monoisotopic (exact) mass is 458 g/mol. The first-order valence-corrected chi connectivity index (χ1v) is 10.6. The molecule has 0 radical (unpaired) electrons. The van der Waals surface area contributed by atoms with Crippen LogP contribution in [-0.2, 0) is 30.4 Å². The number of imidazole rings is 1. The minimum atomic E-state index is -1.64. The molecule has 0 aliphatic rings. The lowest BCUT2D eigenvalue weighted by molar-refractivity contribution is -0.147. The fourth-order valence-electron chi connectivity index (χ4n) is 2.39. The number of thioether (sulfide) groups is 1. The van der Waals surface area contributed by atoms with Crippen molar-refractivity contribution in [1.29, 1.82) is 0 Å². The van der Waals surface area contributed by atoms with Gasteiger partial charge in [-0.25, -0.2) is 9.78 Å². The van der Waals surface area contributed by atoms with Crippen LogP contribution in [0.1, 0.15) is 18.5 Å². The predicted octanol–water partition coefficient (Wildman–Crippen LogP) is -2.32. The minimum Gasteiger partial charge on any atom is -0.481 e. The van der Waals surface area contributed by atoms with Gasteiger partial charge >= 0.3 is 11.9 Å². The summed E-state index contributed by atoms with van der Waals surface area (Å²) in [6.45, 7) is -0.615. The Kier molecular flexibility index (Phi) is 11.1. The van der Waals surface area contributed by atoms with Crippen LogP contribution in [0.15, 0.2) is 12.5 Å². The molecule has 0 saturated carbocycles. The number of aromatic amines is 1. The third kappa shape index (κ3) is 9.95. The van der Waals surface area contributed by atoms with Crippen molar-refractivity contribution >= 4 is 41.4 Å². The molecule has 3 atom stereocenters. The number of carbonyl (C=O) groups is 5. The fourth-order valence-corrected chi connectivity index (χ4v) is 2.88. The highest BCUT2D eigenvalue weighted by Crippen LogP contribution is 2.02. The molecule has 0 fully saturated rings. The Morgan fingerprint density at radius 1 is 1.16 bits per heavy atom. The highest BCUT2D eigenvalue weighted by Gasteiger charge is 2.26. The maximum absolute atomic E-state index is 12.5. The number of hydrogen-bond donors (Lipinski definition) is 7. The molecule has 1 aromatic heterocycles. The second-order valence-electron chi connectivity index (χ2n) is 6.50. The predicted molar refractivity (Wildman–Crippen MR) is 110 cm³/mol. The van der Waals surface area contributed by atoms with E-state index in [0.29, 0.717) is 17.9 Å². The Morgan fingerprint density at radius 3 is 2.42 bits per heavy atom. The van der Waals surface area contributed by atoms with Gasteiger partial charge in [-0.05, 0) is 18.4 Å². The van der Waals surface area contributed by atoms with Gasteiger partial charge in [0.15, 0.2) is 0 Å². The molecule has 0 aliphatic heterocycles. The molecule has 13 nitrogen and oxygen atoms in total. The molecule has 14 heteroatoms. The van der Waals surface area contributed by atoms with Gasteiger partial charge in [-0.1, -0.05) is 0 Å². The highest BCUT2D eigenvalue weighted by molar-refractivity contribution is 7.98. The van der Waals surface area contributed by atoms with E-state index in [1.807, 2.05) is 11.6 Å². The van der Waals surface area contributed by atoms with Gasteiger partial charge < -0.3 is 36.9 Å². The van der Waals surface area contributed by atoms with Crippen LogP contribution in [0.4, 0.5) is 0 Å². The maximum Gasteiger partial charge on any atom is 0.326 e. The summed E-state index contributed by atoms with van der Waals surface area (Å²) in [5.74, 6) is -4.41. The Hall–Kier alpha value is -3.13. The van der Waals surface area contributed by atoms with Crippen LogP contribution >= 0.6 is 11.8 Å². The molecule has 0 aromatic carbocycles. The highest BCUT2D eigenvalue weighted by atomic mass is 32.2. The number of amides is 3. The van der Waals surface area contributed by atoms with Crippen LogP contribution in [0.25, 0.3) is 0 Å². The van der Waals surface area contributed by atoms with Gasteiger partial charge in [0, 0.05) is 18.3 Å². The van der Waals surface area contributed by atoms with Gasteiger partial charge in [0.05, 0.1) is 25.3 Å². The van der Waals surface area contributed by atoms with E-state index in [1.54, 1.807) is 0 Å². The molecule has 0 spiro atoms. The summed E-state index contributed by atoms with van der Waals surface area (Å²) in [7, 11) is 0. The molecule has 1 aromatic rings. The quantitative estimate of drug-likeness (QED) is 0.158. The number of H-pyrrole nitrogens is 1. The summed E-state index contributed by atoms with van der Waals surface area (Å²) in [5, 5.41) is 24.5. The smallest absolute Gasteiger partial charge is 0.326 e. The van der Waals surface area contributed by atoms with Crippen molar-refractivity contribution in [3.05, 3.63) is 18.2 Å². The van der Waals surface area contributed by atoms with Gasteiger partial charge in [0.25, 0.3) is 0 Å². The molecule has 1 rings (SSSR count). The lowest BCUT2D eigenvalue weighted by atomic mass is 10.1. The molecule has 31 heavy (non-hydrogen) atoms. The SMILES string of the molecule is CSCCC(N)C(=O)NC(Cc1cnc[nH]1)C(=O)NCC(=O)NC(CC(=O)O)C(=O)O. The summed E-state index contributed by atoms with van der Waals surface area (Å²) in [6, 6.07) is -3.53. The van der Waals surface area contributed by atoms with Crippen molar-refractivity contribution < 1.29 is 34.2 Å². The van der Waals surface area contributed by atoms with Crippen LogP contribution < -0.4 is 21.7 Å². The van der Waals surface area contributed by atoms with Crippen molar-refractivity contribution in [2.24, 2.45) is 5.73 Å². The van der Waals surface area contributed by atoms with Gasteiger partial charge in [0.1, 0.15) is 12.1 Å². The van der Waals surface area contributed by atoms with Gasteiger partial charge in [-0.3, -0.25) is 19.2 Å². The number of hydrogen-bond acceptors (Lipinski definition) is 8. The Bertz CT molecular complexity index is 773. The summed E-state index contributed by atoms with van der Waals surface area (Å²) in [6.07, 6.45) is 4.38. The van der Waals surface area contributed by atoms with Crippen molar-refractivity contribution in [3.63, 3.8) is 0 Å². The number of nitrogens with zero attached hydrogens (tertiary/aromatic N) is 1. The van der Waals surface area contributed by atoms with E-state index < -0.39 is 60.8 Å². The third-order valence-corrected chi connectivity index (χ3v) is 4.66. The molecular formula is C17H26N6O7S. The number of nitrogens with two attached hydrogens (primary N) is 1. The van der Waals surface area contributed by atoms with Crippen LogP contribution in [0.2, 0.25) is 0 Å². The van der Waals surface area contributed by atoms with Crippen molar-refractivity contribution in [3.8, 4) is 0 Å². The number of aliphatic carboxylic acids is 2. The largest absolute Gasteiger partial charge is 0.481 e. The van der Waals surface area contributed by atoms with Crippen molar-refractivity contribution in [1.82, 2.24) is 25.9 Å². The topological polar surface area (TPSA) is 217 Å². The van der Waals surface area contributed by atoms with E-state index in [-0.39, 0.29) is 6.42 Å². The second kappa shape index (κ2) is 13.2. The van der Waals surface area contributed by atoms with E-state index >= 15 is 0 Å². The molecule has 3 unspecified atom stereocenters. The van der Waals surface area contributed by atoms with Crippen LogP contribution in [-0.4, -0.2) is 86.5 Å². The first-order valence-electron chi connectivity index (χ1n) is 9.17. The van der Waals surface area contributed by atoms with Gasteiger partial charge in [0.2, 0.25) is 17.7 Å². The van der Waals surface area contributed by atoms with E-state index in [9.17, 15) is 24.0 Å². The van der Waals surface area contributed by atoms with Gasteiger partial charge in [-0.15, -0.1) is 0 Å². The zero-order chi connectivity index (χ0) is 23.4. The van der Waals surface area contributed by atoms with Crippen LogP contribution in [0.3, 0.4) is 0 Å². The Balaban J connectivity index is 2.71. The summed E-state index contributed by atoms with van der Waals surface area (Å²) in [4.78, 5) is 65.1. The summed E-state index contributed by atoms with van der Waals surface area (Å²) >= 11 is 1.52. The second-order valence-corrected chi connectivity index (χ2v) is 7.49. The Labute approximate surface area is 181 Å². The van der Waals surface area contributed by atoms with E-state index in [0.717, 1.165) is 0 Å². The number of carboxylic acid groups (broad SMARTS) is 2.